The molecule has 0 unspecified atom stereocenters. The molecular weight excluding hydrogens is 338 g/mol. The molecule has 0 aliphatic heterocycles. The van der Waals surface area contributed by atoms with Crippen molar-refractivity contribution in [3.05, 3.63) is 25.6 Å². The van der Waals surface area contributed by atoms with Gasteiger partial charge in [-0.05, 0) is 44.0 Å². The number of anilines is 1. The monoisotopic (exact) mass is 341 g/mol. The summed E-state index contributed by atoms with van der Waals surface area (Å²) < 4.78 is 3.14. The van der Waals surface area contributed by atoms with E-state index in [-0.39, 0.29) is 0 Å². The molecule has 1 aromatic rings. The first-order valence-electron chi connectivity index (χ1n) is 2.97. The normalized spacial score (nSPS) is 9.82. The van der Waals surface area contributed by atoms with E-state index in [2.05, 4.69) is 53.1 Å². The van der Waals surface area contributed by atoms with Crippen molar-refractivity contribution in [1.29, 1.82) is 0 Å². The highest BCUT2D eigenvalue weighted by atomic mass is 79.9. The van der Waals surface area contributed by atoms with Crippen molar-refractivity contribution in [2.24, 2.45) is 0 Å². The molecule has 1 nitrogen and oxygen atoms in total. The molecule has 0 saturated carbocycles. The molecule has 4 heteroatoms. The van der Waals surface area contributed by atoms with E-state index in [0.29, 0.717) is 0 Å². The van der Waals surface area contributed by atoms with Gasteiger partial charge in [0, 0.05) is 20.5 Å². The lowest BCUT2D eigenvalue weighted by Gasteiger charge is -2.06. The average molecular weight is 344 g/mol. The number of rotatable bonds is 1. The van der Waals surface area contributed by atoms with E-state index in [0.717, 1.165) is 19.1 Å². The molecule has 60 valence electrons. The Labute approximate surface area is 90.9 Å². The van der Waals surface area contributed by atoms with Crippen molar-refractivity contribution in [3.63, 3.8) is 0 Å². The van der Waals surface area contributed by atoms with Gasteiger partial charge in [0.05, 0.1) is 5.69 Å². The Bertz CT molecular complexity index is 249. The minimum absolute atomic E-state index is 1.04. The van der Waals surface area contributed by atoms with Gasteiger partial charge in [-0.2, -0.15) is 0 Å². The highest BCUT2D eigenvalue weighted by Gasteiger charge is 2.03. The molecule has 1 aromatic carbocycles. The molecule has 0 spiro atoms. The summed E-state index contributed by atoms with van der Waals surface area (Å²) in [5.41, 5.74) is 1.06. The summed E-state index contributed by atoms with van der Waals surface area (Å²) >= 11 is 10.3. The van der Waals surface area contributed by atoms with Gasteiger partial charge in [0.25, 0.3) is 0 Å². The number of hydrogen-bond acceptors (Lipinski definition) is 1. The van der Waals surface area contributed by atoms with E-state index in [1.54, 1.807) is 0 Å². The quantitative estimate of drug-likeness (QED) is 0.812. The predicted molar refractivity (Wildman–Crippen MR) is 59.1 cm³/mol. The molecule has 0 radical (unpaired) electrons. The summed E-state index contributed by atoms with van der Waals surface area (Å²) in [5.74, 6) is 0. The van der Waals surface area contributed by atoms with Crippen LogP contribution in [0.5, 0.6) is 0 Å². The molecule has 11 heavy (non-hydrogen) atoms. The maximum Gasteiger partial charge on any atom is 0.0627 e. The fourth-order valence-corrected chi connectivity index (χ4v) is 3.44. The van der Waals surface area contributed by atoms with Crippen LogP contribution in [0.4, 0.5) is 5.69 Å². The molecule has 0 fully saturated rings. The van der Waals surface area contributed by atoms with Crippen LogP contribution >= 0.6 is 47.8 Å². The van der Waals surface area contributed by atoms with E-state index in [4.69, 9.17) is 0 Å². The van der Waals surface area contributed by atoms with Crippen LogP contribution in [0.15, 0.2) is 25.6 Å². The third-order valence-electron chi connectivity index (χ3n) is 1.26. The zero-order valence-corrected chi connectivity index (χ0v) is 10.5. The van der Waals surface area contributed by atoms with E-state index in [9.17, 15) is 0 Å². The summed E-state index contributed by atoms with van der Waals surface area (Å²) in [7, 11) is 1.89. The summed E-state index contributed by atoms with van der Waals surface area (Å²) in [6.07, 6.45) is 0. The second-order valence-corrected chi connectivity index (χ2v) is 4.62. The van der Waals surface area contributed by atoms with Gasteiger partial charge in [-0.25, -0.2) is 0 Å². The molecule has 0 aliphatic rings. The topological polar surface area (TPSA) is 12.0 Å². The first-order chi connectivity index (χ1) is 5.15. The van der Waals surface area contributed by atoms with Gasteiger partial charge >= 0.3 is 0 Å². The number of benzene rings is 1. The second kappa shape index (κ2) is 3.92. The van der Waals surface area contributed by atoms with Crippen LogP contribution in [0.1, 0.15) is 0 Å². The molecule has 0 amide bonds. The van der Waals surface area contributed by atoms with Gasteiger partial charge in [-0.3, -0.25) is 0 Å². The van der Waals surface area contributed by atoms with Crippen molar-refractivity contribution >= 4 is 53.5 Å². The van der Waals surface area contributed by atoms with Crippen molar-refractivity contribution in [2.75, 3.05) is 12.4 Å². The Morgan fingerprint density at radius 2 is 1.55 bits per heavy atom. The van der Waals surface area contributed by atoms with Crippen molar-refractivity contribution in [3.8, 4) is 0 Å². The lowest BCUT2D eigenvalue weighted by Crippen LogP contribution is -1.90. The number of nitrogens with one attached hydrogen (secondary N) is 1. The third kappa shape index (κ3) is 2.20. The van der Waals surface area contributed by atoms with Gasteiger partial charge in [0.15, 0.2) is 0 Å². The molecule has 1 rings (SSSR count). The molecule has 1 N–H and O–H groups in total. The Morgan fingerprint density at radius 1 is 1.09 bits per heavy atom. The van der Waals surface area contributed by atoms with Crippen LogP contribution in [-0.2, 0) is 0 Å². The standard InChI is InChI=1S/C7H6Br3N/c1-11-7-5(9)2-4(8)3-6(7)10/h2-3,11H,1H3. The SMILES string of the molecule is CNc1c(Br)cc(Br)cc1Br. The van der Waals surface area contributed by atoms with Crippen LogP contribution in [0.2, 0.25) is 0 Å². The molecule has 0 heterocycles. The number of halogens is 3. The molecule has 0 aliphatic carbocycles. The lowest BCUT2D eigenvalue weighted by molar-refractivity contribution is 1.45. The van der Waals surface area contributed by atoms with Crippen LogP contribution in [0, 0.1) is 0 Å². The van der Waals surface area contributed by atoms with E-state index < -0.39 is 0 Å². The van der Waals surface area contributed by atoms with Crippen molar-refractivity contribution in [1.82, 2.24) is 0 Å². The highest BCUT2D eigenvalue weighted by Crippen LogP contribution is 2.33. The maximum absolute atomic E-state index is 3.44. The molecular formula is C7H6Br3N. The summed E-state index contributed by atoms with van der Waals surface area (Å²) in [4.78, 5) is 0. The van der Waals surface area contributed by atoms with E-state index in [1.807, 2.05) is 19.2 Å². The predicted octanol–water partition coefficient (Wildman–Crippen LogP) is 4.02. The Hall–Kier alpha value is 0.460. The Balaban J connectivity index is 3.25. The zero-order valence-electron chi connectivity index (χ0n) is 5.79. The Morgan fingerprint density at radius 3 is 1.91 bits per heavy atom. The fraction of sp³-hybridized carbons (Fsp3) is 0.143. The molecule has 0 atom stereocenters. The summed E-state index contributed by atoms with van der Waals surface area (Å²) in [6, 6.07) is 3.99. The van der Waals surface area contributed by atoms with Gasteiger partial charge < -0.3 is 5.32 Å². The van der Waals surface area contributed by atoms with Crippen LogP contribution in [-0.4, -0.2) is 7.05 Å². The largest absolute Gasteiger partial charge is 0.386 e. The lowest BCUT2D eigenvalue weighted by atomic mass is 10.3. The minimum Gasteiger partial charge on any atom is -0.386 e. The Kier molecular flexibility index (Phi) is 3.40. The second-order valence-electron chi connectivity index (χ2n) is 1.99. The van der Waals surface area contributed by atoms with Crippen molar-refractivity contribution < 1.29 is 0 Å². The average Bonchev–Trinajstić information content (AvgIpc) is 1.85. The molecule has 0 bridgehead atoms. The van der Waals surface area contributed by atoms with Crippen LogP contribution < -0.4 is 5.32 Å². The highest BCUT2D eigenvalue weighted by molar-refractivity contribution is 9.11. The van der Waals surface area contributed by atoms with Gasteiger partial charge in [0.2, 0.25) is 0 Å². The summed E-state index contributed by atoms with van der Waals surface area (Å²) in [6.45, 7) is 0. The summed E-state index contributed by atoms with van der Waals surface area (Å²) in [5, 5.41) is 3.08. The first-order valence-corrected chi connectivity index (χ1v) is 5.35. The molecule has 0 aromatic heterocycles. The first kappa shape index (κ1) is 9.55. The third-order valence-corrected chi connectivity index (χ3v) is 2.97. The molecule has 0 saturated heterocycles. The van der Waals surface area contributed by atoms with Gasteiger partial charge in [-0.15, -0.1) is 0 Å². The maximum atomic E-state index is 3.44. The van der Waals surface area contributed by atoms with Gasteiger partial charge in [-0.1, -0.05) is 15.9 Å². The smallest absolute Gasteiger partial charge is 0.0627 e. The van der Waals surface area contributed by atoms with Crippen LogP contribution in [0.3, 0.4) is 0 Å². The number of hydrogen-bond donors (Lipinski definition) is 1. The van der Waals surface area contributed by atoms with Gasteiger partial charge in [0.1, 0.15) is 0 Å². The van der Waals surface area contributed by atoms with Crippen molar-refractivity contribution in [2.45, 2.75) is 0 Å². The van der Waals surface area contributed by atoms with E-state index in [1.165, 1.54) is 0 Å². The van der Waals surface area contributed by atoms with E-state index >= 15 is 0 Å². The van der Waals surface area contributed by atoms with Crippen LogP contribution in [0.25, 0.3) is 0 Å². The zero-order chi connectivity index (χ0) is 8.43. The fourth-order valence-electron chi connectivity index (χ4n) is 0.781. The minimum atomic E-state index is 1.04.